The molecule has 3 rings (SSSR count). The highest BCUT2D eigenvalue weighted by Crippen LogP contribution is 2.26. The zero-order valence-corrected chi connectivity index (χ0v) is 10.2. The number of rotatable bonds is 2. The first-order valence-corrected chi connectivity index (χ1v) is 6.78. The predicted molar refractivity (Wildman–Crippen MR) is 65.7 cm³/mol. The van der Waals surface area contributed by atoms with Crippen LogP contribution in [0.4, 0.5) is 0 Å². The van der Waals surface area contributed by atoms with Gasteiger partial charge in [-0.05, 0) is 51.1 Å². The Hall–Kier alpha value is -0.870. The second kappa shape index (κ2) is 4.78. The van der Waals surface area contributed by atoms with E-state index in [1.165, 1.54) is 18.5 Å². The van der Waals surface area contributed by atoms with Crippen molar-refractivity contribution in [3.8, 4) is 0 Å². The summed E-state index contributed by atoms with van der Waals surface area (Å²) < 4.78 is 2.07. The van der Waals surface area contributed by atoms with Crippen LogP contribution in [0.15, 0.2) is 6.20 Å². The number of nitrogens with zero attached hydrogens (tertiary/aromatic N) is 2. The van der Waals surface area contributed by atoms with Gasteiger partial charge in [-0.15, -0.1) is 0 Å². The number of imidazole rings is 1. The van der Waals surface area contributed by atoms with Crippen molar-refractivity contribution in [3.05, 3.63) is 17.7 Å². The number of fused-ring (bicyclic) bond motifs is 1. The summed E-state index contributed by atoms with van der Waals surface area (Å²) >= 11 is 0. The number of aromatic nitrogens is 2. The maximum atomic E-state index is 10.1. The summed E-state index contributed by atoms with van der Waals surface area (Å²) in [4.78, 5) is 4.52. The van der Waals surface area contributed by atoms with Gasteiger partial charge in [-0.25, -0.2) is 4.98 Å². The second-order valence-electron chi connectivity index (χ2n) is 5.33. The van der Waals surface area contributed by atoms with Crippen molar-refractivity contribution >= 4 is 0 Å². The Morgan fingerprint density at radius 1 is 1.41 bits per heavy atom. The van der Waals surface area contributed by atoms with Crippen LogP contribution in [-0.4, -0.2) is 27.7 Å². The number of hydrogen-bond donors (Lipinski definition) is 2. The van der Waals surface area contributed by atoms with E-state index >= 15 is 0 Å². The number of piperidine rings is 1. The normalized spacial score (nSPS) is 29.0. The Bertz CT molecular complexity index is 382. The minimum atomic E-state index is -0.340. The molecule has 2 aliphatic rings. The van der Waals surface area contributed by atoms with Crippen molar-refractivity contribution in [3.63, 3.8) is 0 Å². The number of aliphatic hydroxyl groups is 1. The summed E-state index contributed by atoms with van der Waals surface area (Å²) in [6, 6.07) is 0. The van der Waals surface area contributed by atoms with Crippen molar-refractivity contribution in [1.82, 2.24) is 14.9 Å². The Kier molecular flexibility index (Phi) is 3.16. The molecule has 0 spiro atoms. The molecule has 1 saturated heterocycles. The SMILES string of the molecule is OC1CCCc2cnc(CC3CCCNC3)n21. The van der Waals surface area contributed by atoms with Gasteiger partial charge in [0.05, 0.1) is 0 Å². The third-order valence-electron chi connectivity index (χ3n) is 4.01. The molecule has 2 unspecified atom stereocenters. The maximum Gasteiger partial charge on any atom is 0.132 e. The van der Waals surface area contributed by atoms with Crippen LogP contribution in [0.2, 0.25) is 0 Å². The lowest BCUT2D eigenvalue weighted by Crippen LogP contribution is -2.32. The average molecular weight is 235 g/mol. The van der Waals surface area contributed by atoms with Crippen molar-refractivity contribution in [2.45, 2.75) is 44.8 Å². The molecule has 0 amide bonds. The molecular formula is C13H21N3O. The van der Waals surface area contributed by atoms with Gasteiger partial charge in [-0.3, -0.25) is 0 Å². The van der Waals surface area contributed by atoms with Crippen LogP contribution in [0.5, 0.6) is 0 Å². The molecule has 3 heterocycles. The van der Waals surface area contributed by atoms with Crippen LogP contribution in [0.1, 0.15) is 43.4 Å². The van der Waals surface area contributed by atoms with Crippen LogP contribution in [-0.2, 0) is 12.8 Å². The second-order valence-corrected chi connectivity index (χ2v) is 5.33. The Balaban J connectivity index is 1.76. The fourth-order valence-electron chi connectivity index (χ4n) is 3.09. The fourth-order valence-corrected chi connectivity index (χ4v) is 3.09. The summed E-state index contributed by atoms with van der Waals surface area (Å²) in [6.07, 6.45) is 8.18. The smallest absolute Gasteiger partial charge is 0.132 e. The third kappa shape index (κ3) is 2.24. The van der Waals surface area contributed by atoms with Gasteiger partial charge in [-0.2, -0.15) is 0 Å². The monoisotopic (exact) mass is 235 g/mol. The molecule has 2 N–H and O–H groups in total. The molecule has 1 aromatic rings. The Morgan fingerprint density at radius 2 is 2.35 bits per heavy atom. The maximum absolute atomic E-state index is 10.1. The molecule has 2 aliphatic heterocycles. The molecule has 4 nitrogen and oxygen atoms in total. The summed E-state index contributed by atoms with van der Waals surface area (Å²) in [5.41, 5.74) is 1.21. The van der Waals surface area contributed by atoms with E-state index in [9.17, 15) is 5.11 Å². The molecule has 0 radical (unpaired) electrons. The molecule has 1 aromatic heterocycles. The molecule has 0 bridgehead atoms. The minimum Gasteiger partial charge on any atom is -0.373 e. The fraction of sp³-hybridized carbons (Fsp3) is 0.769. The van der Waals surface area contributed by atoms with E-state index < -0.39 is 0 Å². The van der Waals surface area contributed by atoms with Gasteiger partial charge in [0.25, 0.3) is 0 Å². The summed E-state index contributed by atoms with van der Waals surface area (Å²) in [5.74, 6) is 1.77. The quantitative estimate of drug-likeness (QED) is 0.811. The van der Waals surface area contributed by atoms with Gasteiger partial charge in [0.15, 0.2) is 0 Å². The van der Waals surface area contributed by atoms with Crippen LogP contribution in [0.25, 0.3) is 0 Å². The standard InChI is InChI=1S/C13H21N3O/c17-13-5-1-4-11-9-15-12(16(11)13)7-10-3-2-6-14-8-10/h9-10,13-14,17H,1-8H2. The summed E-state index contributed by atoms with van der Waals surface area (Å²) in [7, 11) is 0. The number of nitrogens with one attached hydrogen (secondary N) is 1. The van der Waals surface area contributed by atoms with Crippen molar-refractivity contribution < 1.29 is 5.11 Å². The molecule has 2 atom stereocenters. The number of hydrogen-bond acceptors (Lipinski definition) is 3. The number of aryl methyl sites for hydroxylation is 1. The van der Waals surface area contributed by atoms with Crippen molar-refractivity contribution in [1.29, 1.82) is 0 Å². The lowest BCUT2D eigenvalue weighted by molar-refractivity contribution is 0.0749. The van der Waals surface area contributed by atoms with E-state index in [-0.39, 0.29) is 6.23 Å². The molecular weight excluding hydrogens is 214 g/mol. The van der Waals surface area contributed by atoms with Crippen LogP contribution >= 0.6 is 0 Å². The van der Waals surface area contributed by atoms with Gasteiger partial charge < -0.3 is 15.0 Å². The molecule has 17 heavy (non-hydrogen) atoms. The van der Waals surface area contributed by atoms with Crippen LogP contribution < -0.4 is 5.32 Å². The van der Waals surface area contributed by atoms with E-state index in [4.69, 9.17) is 0 Å². The van der Waals surface area contributed by atoms with E-state index in [1.54, 1.807) is 0 Å². The van der Waals surface area contributed by atoms with Gasteiger partial charge in [-0.1, -0.05) is 0 Å². The molecule has 94 valence electrons. The third-order valence-corrected chi connectivity index (χ3v) is 4.01. The zero-order chi connectivity index (χ0) is 11.7. The first-order valence-electron chi connectivity index (χ1n) is 6.78. The molecule has 4 heteroatoms. The van der Waals surface area contributed by atoms with Gasteiger partial charge in [0.2, 0.25) is 0 Å². The van der Waals surface area contributed by atoms with E-state index in [0.717, 1.165) is 44.6 Å². The van der Waals surface area contributed by atoms with Crippen molar-refractivity contribution in [2.24, 2.45) is 5.92 Å². The Morgan fingerprint density at radius 3 is 3.18 bits per heavy atom. The molecule has 0 aliphatic carbocycles. The van der Waals surface area contributed by atoms with Gasteiger partial charge in [0.1, 0.15) is 12.1 Å². The first-order chi connectivity index (χ1) is 8.34. The summed E-state index contributed by atoms with van der Waals surface area (Å²) in [5, 5.41) is 13.5. The highest BCUT2D eigenvalue weighted by molar-refractivity contribution is 5.10. The lowest BCUT2D eigenvalue weighted by atomic mass is 9.95. The van der Waals surface area contributed by atoms with E-state index in [0.29, 0.717) is 5.92 Å². The van der Waals surface area contributed by atoms with Crippen LogP contribution in [0.3, 0.4) is 0 Å². The van der Waals surface area contributed by atoms with Gasteiger partial charge >= 0.3 is 0 Å². The van der Waals surface area contributed by atoms with Crippen molar-refractivity contribution in [2.75, 3.05) is 13.1 Å². The minimum absolute atomic E-state index is 0.340. The highest BCUT2D eigenvalue weighted by Gasteiger charge is 2.23. The molecule has 0 aromatic carbocycles. The molecule has 1 fully saturated rings. The van der Waals surface area contributed by atoms with E-state index in [2.05, 4.69) is 14.9 Å². The van der Waals surface area contributed by atoms with E-state index in [1.807, 2.05) is 6.20 Å². The first kappa shape index (κ1) is 11.2. The predicted octanol–water partition coefficient (Wildman–Crippen LogP) is 1.25. The largest absolute Gasteiger partial charge is 0.373 e. The topological polar surface area (TPSA) is 50.1 Å². The Labute approximate surface area is 102 Å². The zero-order valence-electron chi connectivity index (χ0n) is 10.2. The average Bonchev–Trinajstić information content (AvgIpc) is 2.75. The lowest BCUT2D eigenvalue weighted by Gasteiger charge is -2.26. The molecule has 0 saturated carbocycles. The summed E-state index contributed by atoms with van der Waals surface area (Å²) in [6.45, 7) is 2.25. The number of aliphatic hydroxyl groups excluding tert-OH is 1. The highest BCUT2D eigenvalue weighted by atomic mass is 16.3. The van der Waals surface area contributed by atoms with Gasteiger partial charge in [0, 0.05) is 18.3 Å². The van der Waals surface area contributed by atoms with Crippen LogP contribution in [0, 0.1) is 5.92 Å².